The molecule has 0 aliphatic carbocycles. The molecule has 7 nitrogen and oxygen atoms in total. The summed E-state index contributed by atoms with van der Waals surface area (Å²) < 4.78 is 53.1. The van der Waals surface area contributed by atoms with Crippen LogP contribution >= 0.6 is 0 Å². The highest BCUT2D eigenvalue weighted by atomic mass is 32.2. The fourth-order valence-electron chi connectivity index (χ4n) is 2.18. The van der Waals surface area contributed by atoms with Crippen molar-refractivity contribution in [1.29, 1.82) is 0 Å². The zero-order valence-electron chi connectivity index (χ0n) is 14.3. The van der Waals surface area contributed by atoms with E-state index in [1.54, 1.807) is 12.1 Å². The molecule has 0 fully saturated rings. The van der Waals surface area contributed by atoms with E-state index in [0.717, 1.165) is 24.3 Å². The summed E-state index contributed by atoms with van der Waals surface area (Å²) in [5.74, 6) is -4.13. The third-order valence-electron chi connectivity index (χ3n) is 3.45. The van der Waals surface area contributed by atoms with Crippen LogP contribution in [-0.2, 0) is 14.6 Å². The molecule has 2 aromatic carbocycles. The van der Waals surface area contributed by atoms with Crippen LogP contribution in [0.1, 0.15) is 17.3 Å². The Morgan fingerprint density at radius 2 is 1.67 bits per heavy atom. The van der Waals surface area contributed by atoms with Crippen LogP contribution in [-0.4, -0.2) is 33.1 Å². The largest absolute Gasteiger partial charge is 0.495 e. The second-order valence-electron chi connectivity index (χ2n) is 5.38. The first-order valence-electron chi connectivity index (χ1n) is 7.54. The van der Waals surface area contributed by atoms with Crippen molar-refractivity contribution in [2.45, 2.75) is 17.6 Å². The number of benzene rings is 2. The van der Waals surface area contributed by atoms with E-state index in [1.165, 1.54) is 20.1 Å². The number of halogens is 2. The second kappa shape index (κ2) is 8.12. The quantitative estimate of drug-likeness (QED) is 0.779. The Bertz CT molecular complexity index is 960. The van der Waals surface area contributed by atoms with E-state index in [2.05, 4.69) is 10.6 Å². The van der Waals surface area contributed by atoms with E-state index < -0.39 is 26.4 Å². The van der Waals surface area contributed by atoms with Crippen LogP contribution in [0.3, 0.4) is 0 Å². The number of nitrogens with one attached hydrogen (secondary N) is 2. The maximum atomic E-state index is 12.5. The fraction of sp³-hybridized carbons (Fsp3) is 0.176. The Kier molecular flexibility index (Phi) is 6.11. The van der Waals surface area contributed by atoms with Crippen LogP contribution in [0.15, 0.2) is 47.4 Å². The summed E-state index contributed by atoms with van der Waals surface area (Å²) in [7, 11) is -3.34. The standard InChI is InChI=1S/C17H16F2N2O5S/c1-10(22)20-12-5-8-15(26-2)14(9-12)21-16(23)11-3-6-13(7-4-11)27(24,25)17(18)19/h3-9,17H,1-2H3,(H,20,22)(H,21,23). The molecule has 0 atom stereocenters. The normalized spacial score (nSPS) is 11.1. The summed E-state index contributed by atoms with van der Waals surface area (Å²) in [6.07, 6.45) is 0. The van der Waals surface area contributed by atoms with Crippen molar-refractivity contribution in [2.24, 2.45) is 0 Å². The molecule has 0 radical (unpaired) electrons. The number of carbonyl (C=O) groups excluding carboxylic acids is 2. The molecule has 2 aromatic rings. The fourth-order valence-corrected chi connectivity index (χ4v) is 2.90. The molecule has 0 aliphatic heterocycles. The summed E-state index contributed by atoms with van der Waals surface area (Å²) >= 11 is 0. The summed E-state index contributed by atoms with van der Waals surface area (Å²) in [6, 6.07) is 8.71. The highest BCUT2D eigenvalue weighted by molar-refractivity contribution is 7.91. The Labute approximate surface area is 154 Å². The lowest BCUT2D eigenvalue weighted by atomic mass is 10.2. The second-order valence-corrected chi connectivity index (χ2v) is 7.30. The van der Waals surface area contributed by atoms with E-state index in [1.807, 2.05) is 0 Å². The molecule has 2 N–H and O–H groups in total. The molecule has 0 saturated carbocycles. The number of carbonyl (C=O) groups is 2. The minimum atomic E-state index is -4.73. The zero-order valence-corrected chi connectivity index (χ0v) is 15.1. The molecular weight excluding hydrogens is 382 g/mol. The molecule has 2 amide bonds. The van der Waals surface area contributed by atoms with Crippen LogP contribution in [0, 0.1) is 0 Å². The maximum Gasteiger partial charge on any atom is 0.341 e. The smallest absolute Gasteiger partial charge is 0.341 e. The van der Waals surface area contributed by atoms with Crippen molar-refractivity contribution in [3.05, 3.63) is 48.0 Å². The molecule has 0 aliphatic rings. The number of hydrogen-bond acceptors (Lipinski definition) is 5. The van der Waals surface area contributed by atoms with Gasteiger partial charge in [-0.2, -0.15) is 8.78 Å². The van der Waals surface area contributed by atoms with Crippen LogP contribution < -0.4 is 15.4 Å². The van der Waals surface area contributed by atoms with E-state index in [0.29, 0.717) is 11.4 Å². The molecule has 0 spiro atoms. The van der Waals surface area contributed by atoms with Gasteiger partial charge in [0.25, 0.3) is 5.91 Å². The predicted molar refractivity (Wildman–Crippen MR) is 94.9 cm³/mol. The first kappa shape index (κ1) is 20.3. The van der Waals surface area contributed by atoms with Gasteiger partial charge in [0.05, 0.1) is 17.7 Å². The predicted octanol–water partition coefficient (Wildman–Crippen LogP) is 2.90. The lowest BCUT2D eigenvalue weighted by molar-refractivity contribution is -0.114. The van der Waals surface area contributed by atoms with Gasteiger partial charge in [-0.15, -0.1) is 0 Å². The minimum absolute atomic E-state index is 0.0511. The van der Waals surface area contributed by atoms with Crippen LogP contribution in [0.2, 0.25) is 0 Å². The third-order valence-corrected chi connectivity index (χ3v) is 4.85. The molecule has 0 heterocycles. The van der Waals surface area contributed by atoms with Gasteiger partial charge in [0.1, 0.15) is 5.75 Å². The lowest BCUT2D eigenvalue weighted by Gasteiger charge is -2.12. The van der Waals surface area contributed by atoms with E-state index in [4.69, 9.17) is 4.74 Å². The number of methoxy groups -OCH3 is 1. The average molecular weight is 398 g/mol. The van der Waals surface area contributed by atoms with Crippen molar-refractivity contribution >= 4 is 33.0 Å². The van der Waals surface area contributed by atoms with Gasteiger partial charge in [0, 0.05) is 18.2 Å². The van der Waals surface area contributed by atoms with Crippen molar-refractivity contribution in [3.8, 4) is 5.75 Å². The number of ether oxygens (including phenoxy) is 1. The summed E-state index contributed by atoms with van der Waals surface area (Å²) in [4.78, 5) is 22.9. The van der Waals surface area contributed by atoms with Gasteiger partial charge >= 0.3 is 5.76 Å². The van der Waals surface area contributed by atoms with Crippen LogP contribution in [0.25, 0.3) is 0 Å². The lowest BCUT2D eigenvalue weighted by Crippen LogP contribution is -2.15. The number of rotatable bonds is 6. The van der Waals surface area contributed by atoms with Gasteiger partial charge < -0.3 is 15.4 Å². The monoisotopic (exact) mass is 398 g/mol. The van der Waals surface area contributed by atoms with Crippen LogP contribution in [0.5, 0.6) is 5.75 Å². The summed E-state index contributed by atoms with van der Waals surface area (Å²) in [5, 5.41) is 5.12. The summed E-state index contributed by atoms with van der Waals surface area (Å²) in [6.45, 7) is 1.33. The van der Waals surface area contributed by atoms with Crippen molar-refractivity contribution in [2.75, 3.05) is 17.7 Å². The highest BCUT2D eigenvalue weighted by Gasteiger charge is 2.26. The van der Waals surface area contributed by atoms with Gasteiger partial charge in [0.15, 0.2) is 0 Å². The first-order valence-corrected chi connectivity index (χ1v) is 9.09. The van der Waals surface area contributed by atoms with Crippen molar-refractivity contribution in [3.63, 3.8) is 0 Å². The van der Waals surface area contributed by atoms with E-state index >= 15 is 0 Å². The van der Waals surface area contributed by atoms with Gasteiger partial charge in [0.2, 0.25) is 15.7 Å². The molecule has 0 aromatic heterocycles. The van der Waals surface area contributed by atoms with Crippen LogP contribution in [0.4, 0.5) is 20.2 Å². The van der Waals surface area contributed by atoms with E-state index in [-0.39, 0.29) is 17.2 Å². The zero-order chi connectivity index (χ0) is 20.2. The van der Waals surface area contributed by atoms with Gasteiger partial charge in [-0.3, -0.25) is 9.59 Å². The number of sulfone groups is 1. The molecule has 2 rings (SSSR count). The Balaban J connectivity index is 2.25. The number of anilines is 2. The van der Waals surface area contributed by atoms with Gasteiger partial charge in [-0.05, 0) is 42.5 Å². The Hall–Kier alpha value is -3.01. The SMILES string of the molecule is COc1ccc(NC(C)=O)cc1NC(=O)c1ccc(S(=O)(=O)C(F)F)cc1. The minimum Gasteiger partial charge on any atom is -0.495 e. The molecule has 10 heteroatoms. The van der Waals surface area contributed by atoms with Crippen molar-refractivity contribution < 1.29 is 31.5 Å². The number of hydrogen-bond donors (Lipinski definition) is 2. The molecule has 0 unspecified atom stereocenters. The van der Waals surface area contributed by atoms with Gasteiger partial charge in [-0.1, -0.05) is 0 Å². The highest BCUT2D eigenvalue weighted by Crippen LogP contribution is 2.28. The molecule has 0 saturated heterocycles. The average Bonchev–Trinajstić information content (AvgIpc) is 2.61. The molecule has 27 heavy (non-hydrogen) atoms. The third kappa shape index (κ3) is 4.79. The maximum absolute atomic E-state index is 12.5. The van der Waals surface area contributed by atoms with E-state index in [9.17, 15) is 26.8 Å². The van der Waals surface area contributed by atoms with Crippen molar-refractivity contribution in [1.82, 2.24) is 0 Å². The molecular formula is C17H16F2N2O5S. The Morgan fingerprint density at radius 3 is 2.19 bits per heavy atom. The van der Waals surface area contributed by atoms with Gasteiger partial charge in [-0.25, -0.2) is 8.42 Å². The first-order chi connectivity index (χ1) is 12.6. The number of alkyl halides is 2. The number of amides is 2. The summed E-state index contributed by atoms with van der Waals surface area (Å²) in [5.41, 5.74) is 0.741. The molecule has 0 bridgehead atoms. The Morgan fingerprint density at radius 1 is 1.04 bits per heavy atom. The molecule has 144 valence electrons. The topological polar surface area (TPSA) is 102 Å².